The van der Waals surface area contributed by atoms with Crippen molar-refractivity contribution in [1.29, 1.82) is 0 Å². The van der Waals surface area contributed by atoms with Crippen molar-refractivity contribution >= 4 is 23.3 Å². The van der Waals surface area contributed by atoms with Crippen LogP contribution in [-0.4, -0.2) is 17.1 Å². The number of carbonyl (C=O) groups excluding carboxylic acids is 1. The van der Waals surface area contributed by atoms with Gasteiger partial charge in [0.15, 0.2) is 0 Å². The van der Waals surface area contributed by atoms with Crippen LogP contribution in [0.25, 0.3) is 0 Å². The Bertz CT molecular complexity index is 261. The minimum atomic E-state index is -0.404. The molecule has 0 N–H and O–H groups in total. The highest BCUT2D eigenvalue weighted by molar-refractivity contribution is 6.32. The number of hydrogen-bond acceptors (Lipinski definition) is 3. The molecule has 1 atom stereocenters. The van der Waals surface area contributed by atoms with Crippen molar-refractivity contribution in [2.24, 2.45) is 5.16 Å². The minimum Gasteiger partial charge on any atom is -0.319 e. The van der Waals surface area contributed by atoms with Crippen LogP contribution in [0.5, 0.6) is 0 Å². The van der Waals surface area contributed by atoms with E-state index in [9.17, 15) is 4.79 Å². The van der Waals surface area contributed by atoms with Crippen LogP contribution in [0.4, 0.5) is 0 Å². The van der Waals surface area contributed by atoms with Gasteiger partial charge < -0.3 is 4.84 Å². The third-order valence-corrected chi connectivity index (χ3v) is 2.44. The predicted molar refractivity (Wildman–Crippen MR) is 56.5 cm³/mol. The van der Waals surface area contributed by atoms with Gasteiger partial charge in [-0.2, -0.15) is 0 Å². The summed E-state index contributed by atoms with van der Waals surface area (Å²) < 4.78 is 0. The molecule has 0 aromatic rings. The maximum atomic E-state index is 10.6. The van der Waals surface area contributed by atoms with Crippen LogP contribution < -0.4 is 0 Å². The average molecular weight is 216 g/mol. The summed E-state index contributed by atoms with van der Waals surface area (Å²) in [4.78, 5) is 15.1. The predicted octanol–water partition coefficient (Wildman–Crippen LogP) is 2.64. The van der Waals surface area contributed by atoms with Crippen LogP contribution in [0.2, 0.25) is 0 Å². The summed E-state index contributed by atoms with van der Waals surface area (Å²) in [6.45, 7) is 1.33. The Morgan fingerprint density at radius 3 is 3.00 bits per heavy atom. The Hall–Kier alpha value is -0.830. The van der Waals surface area contributed by atoms with Gasteiger partial charge in [0.2, 0.25) is 0 Å². The maximum Gasteiger partial charge on any atom is 0.331 e. The Labute approximate surface area is 88.8 Å². The lowest BCUT2D eigenvalue weighted by molar-refractivity contribution is -0.140. The lowest BCUT2D eigenvalue weighted by atomic mass is 10.0. The van der Waals surface area contributed by atoms with Gasteiger partial charge in [0.25, 0.3) is 0 Å². The van der Waals surface area contributed by atoms with Crippen LogP contribution in [0.3, 0.4) is 0 Å². The fourth-order valence-electron chi connectivity index (χ4n) is 1.26. The summed E-state index contributed by atoms with van der Waals surface area (Å²) >= 11 is 6.09. The van der Waals surface area contributed by atoms with Crippen molar-refractivity contribution in [2.75, 3.05) is 0 Å². The second kappa shape index (κ2) is 5.81. The van der Waals surface area contributed by atoms with Crippen molar-refractivity contribution in [2.45, 2.75) is 38.0 Å². The zero-order valence-electron chi connectivity index (χ0n) is 8.20. The highest BCUT2D eigenvalue weighted by Gasteiger charge is 2.14. The van der Waals surface area contributed by atoms with E-state index in [0.29, 0.717) is 0 Å². The number of nitrogens with zero attached hydrogens (tertiary/aromatic N) is 1. The standard InChI is InChI=1S/C10H14ClNO2/c1-8(13)14-12-10-7-5-3-2-4-6-9(10)11/h2-3,9H,4-7H2,1H3/b3-2-,12-10-. The van der Waals surface area contributed by atoms with Gasteiger partial charge in [-0.3, -0.25) is 0 Å². The van der Waals surface area contributed by atoms with Crippen LogP contribution in [0, 0.1) is 0 Å². The molecule has 0 radical (unpaired) electrons. The second-order valence-corrected chi connectivity index (χ2v) is 3.75. The zero-order valence-corrected chi connectivity index (χ0v) is 8.96. The summed E-state index contributed by atoms with van der Waals surface area (Å²) in [6, 6.07) is 0. The van der Waals surface area contributed by atoms with Crippen molar-refractivity contribution in [3.05, 3.63) is 12.2 Å². The van der Waals surface area contributed by atoms with Gasteiger partial charge in [-0.15, -0.1) is 11.6 Å². The Morgan fingerprint density at radius 2 is 2.29 bits per heavy atom. The number of carbonyl (C=O) groups is 1. The molecule has 0 aromatic heterocycles. The molecule has 4 heteroatoms. The van der Waals surface area contributed by atoms with E-state index in [1.165, 1.54) is 6.92 Å². The normalized spacial score (nSPS) is 27.9. The molecule has 14 heavy (non-hydrogen) atoms. The zero-order chi connectivity index (χ0) is 10.4. The maximum absolute atomic E-state index is 10.6. The lowest BCUT2D eigenvalue weighted by Gasteiger charge is -2.12. The van der Waals surface area contributed by atoms with E-state index in [0.717, 1.165) is 31.4 Å². The summed E-state index contributed by atoms with van der Waals surface area (Å²) in [5, 5.41) is 3.65. The van der Waals surface area contributed by atoms with Gasteiger partial charge in [0.1, 0.15) is 0 Å². The van der Waals surface area contributed by atoms with Crippen molar-refractivity contribution in [3.8, 4) is 0 Å². The van der Waals surface area contributed by atoms with E-state index in [4.69, 9.17) is 11.6 Å². The Kier molecular flexibility index (Phi) is 4.66. The first-order valence-electron chi connectivity index (χ1n) is 4.73. The fourth-order valence-corrected chi connectivity index (χ4v) is 1.53. The Balaban J connectivity index is 2.59. The second-order valence-electron chi connectivity index (χ2n) is 3.22. The molecule has 0 bridgehead atoms. The topological polar surface area (TPSA) is 38.7 Å². The van der Waals surface area contributed by atoms with E-state index in [1.807, 2.05) is 0 Å². The van der Waals surface area contributed by atoms with Crippen molar-refractivity contribution < 1.29 is 9.63 Å². The monoisotopic (exact) mass is 215 g/mol. The number of rotatable bonds is 1. The third kappa shape index (κ3) is 3.92. The molecule has 3 nitrogen and oxygen atoms in total. The van der Waals surface area contributed by atoms with Crippen molar-refractivity contribution in [3.63, 3.8) is 0 Å². The molecule has 0 saturated heterocycles. The molecule has 0 aromatic carbocycles. The van der Waals surface area contributed by atoms with Crippen LogP contribution in [-0.2, 0) is 9.63 Å². The summed E-state index contributed by atoms with van der Waals surface area (Å²) in [6.07, 6.45) is 7.69. The quantitative estimate of drug-likeness (QED) is 0.292. The average Bonchev–Trinajstić information content (AvgIpc) is 2.10. The number of oxime groups is 1. The first kappa shape index (κ1) is 11.2. The van der Waals surface area contributed by atoms with Gasteiger partial charge in [-0.25, -0.2) is 4.79 Å². The van der Waals surface area contributed by atoms with Gasteiger partial charge in [-0.1, -0.05) is 17.3 Å². The molecular weight excluding hydrogens is 202 g/mol. The molecule has 0 saturated carbocycles. The van der Waals surface area contributed by atoms with Crippen LogP contribution in [0.1, 0.15) is 32.6 Å². The number of halogens is 1. The molecule has 0 amide bonds. The van der Waals surface area contributed by atoms with Gasteiger partial charge in [0.05, 0.1) is 11.1 Å². The third-order valence-electron chi connectivity index (χ3n) is 1.97. The molecule has 1 rings (SSSR count). The highest BCUT2D eigenvalue weighted by atomic mass is 35.5. The van der Waals surface area contributed by atoms with E-state index >= 15 is 0 Å². The molecule has 0 aliphatic heterocycles. The molecule has 78 valence electrons. The fraction of sp³-hybridized carbons (Fsp3) is 0.600. The largest absolute Gasteiger partial charge is 0.331 e. The van der Waals surface area contributed by atoms with E-state index in [2.05, 4.69) is 22.1 Å². The van der Waals surface area contributed by atoms with Crippen molar-refractivity contribution in [1.82, 2.24) is 0 Å². The lowest BCUT2D eigenvalue weighted by Crippen LogP contribution is -2.16. The van der Waals surface area contributed by atoms with E-state index in [1.54, 1.807) is 0 Å². The van der Waals surface area contributed by atoms with Gasteiger partial charge >= 0.3 is 5.97 Å². The number of hydrogen-bond donors (Lipinski definition) is 0. The smallest absolute Gasteiger partial charge is 0.319 e. The van der Waals surface area contributed by atoms with E-state index in [-0.39, 0.29) is 5.38 Å². The van der Waals surface area contributed by atoms with Crippen LogP contribution in [0.15, 0.2) is 17.3 Å². The summed E-state index contributed by atoms with van der Waals surface area (Å²) in [5.41, 5.74) is 0.770. The molecular formula is C10H14ClNO2. The van der Waals surface area contributed by atoms with E-state index < -0.39 is 5.97 Å². The highest BCUT2D eigenvalue weighted by Crippen LogP contribution is 2.15. The molecule has 0 spiro atoms. The molecule has 1 unspecified atom stereocenters. The summed E-state index contributed by atoms with van der Waals surface area (Å²) in [7, 11) is 0. The first-order valence-corrected chi connectivity index (χ1v) is 5.17. The molecule has 1 aliphatic carbocycles. The van der Waals surface area contributed by atoms with Gasteiger partial charge in [0, 0.05) is 6.92 Å². The number of allylic oxidation sites excluding steroid dienone is 2. The van der Waals surface area contributed by atoms with Gasteiger partial charge in [-0.05, 0) is 25.7 Å². The first-order chi connectivity index (χ1) is 6.70. The molecule has 1 aliphatic rings. The van der Waals surface area contributed by atoms with Crippen LogP contribution >= 0.6 is 11.6 Å². The minimum absolute atomic E-state index is 0.112. The molecule has 0 heterocycles. The molecule has 0 fully saturated rings. The Morgan fingerprint density at radius 1 is 1.57 bits per heavy atom. The SMILES string of the molecule is CC(=O)O/N=C1/CC/C=C\CCC1Cl. The number of alkyl halides is 1. The summed E-state index contributed by atoms with van der Waals surface area (Å²) in [5.74, 6) is -0.404.